The fraction of sp³-hybridized carbons (Fsp3) is 0.731. The summed E-state index contributed by atoms with van der Waals surface area (Å²) >= 11 is 0. The summed E-state index contributed by atoms with van der Waals surface area (Å²) in [6.45, 7) is 7.86. The van der Waals surface area contributed by atoms with E-state index in [2.05, 4.69) is 0 Å². The Morgan fingerprint density at radius 3 is 2.62 bits per heavy atom. The maximum atomic E-state index is 17.3. The maximum absolute atomic E-state index is 17.3. The molecule has 1 N–H and O–H groups in total. The fourth-order valence-electron chi connectivity index (χ4n) is 8.08. The second kappa shape index (κ2) is 7.08. The molecule has 0 bridgehead atoms. The Morgan fingerprint density at radius 1 is 1.24 bits per heavy atom. The molecule has 8 heteroatoms. The first-order valence-corrected chi connectivity index (χ1v) is 12.1. The number of carbonyl (C=O) groups is 3. The van der Waals surface area contributed by atoms with Crippen molar-refractivity contribution in [2.24, 2.45) is 22.7 Å². The molecular formula is C26H33FO7. The van der Waals surface area contributed by atoms with Crippen LogP contribution >= 0.6 is 0 Å². The van der Waals surface area contributed by atoms with Gasteiger partial charge in [0.05, 0.1) is 12.2 Å². The van der Waals surface area contributed by atoms with Crippen LogP contribution in [0.25, 0.3) is 0 Å². The summed E-state index contributed by atoms with van der Waals surface area (Å²) in [7, 11) is 0. The molecule has 1 heterocycles. The monoisotopic (exact) mass is 476 g/mol. The van der Waals surface area contributed by atoms with Crippen molar-refractivity contribution in [2.45, 2.75) is 89.6 Å². The van der Waals surface area contributed by atoms with Crippen molar-refractivity contribution >= 4 is 17.5 Å². The molecule has 1 saturated heterocycles. The zero-order chi connectivity index (χ0) is 24.9. The smallest absolute Gasteiger partial charge is 0.303 e. The molecule has 0 aromatic rings. The molecule has 1 aliphatic heterocycles. The van der Waals surface area contributed by atoms with Crippen LogP contribution in [-0.2, 0) is 28.6 Å². The van der Waals surface area contributed by atoms with E-state index in [0.717, 1.165) is 0 Å². The van der Waals surface area contributed by atoms with Gasteiger partial charge in [-0.1, -0.05) is 18.6 Å². The van der Waals surface area contributed by atoms with Crippen LogP contribution in [0, 0.1) is 22.7 Å². The lowest BCUT2D eigenvalue weighted by Gasteiger charge is -2.62. The van der Waals surface area contributed by atoms with Gasteiger partial charge in [0.25, 0.3) is 0 Å². The highest BCUT2D eigenvalue weighted by atomic mass is 19.1. The highest BCUT2D eigenvalue weighted by molar-refractivity contribution is 6.01. The molecule has 0 aromatic carbocycles. The van der Waals surface area contributed by atoms with Crippen LogP contribution < -0.4 is 0 Å². The molecule has 0 aromatic heterocycles. The Bertz CT molecular complexity index is 1030. The zero-order valence-corrected chi connectivity index (χ0v) is 20.4. The molecule has 0 unspecified atom stereocenters. The van der Waals surface area contributed by atoms with Crippen LogP contribution in [-0.4, -0.2) is 58.5 Å². The molecule has 34 heavy (non-hydrogen) atoms. The molecule has 5 aliphatic rings. The summed E-state index contributed by atoms with van der Waals surface area (Å²) in [6, 6.07) is 0. The third kappa shape index (κ3) is 2.76. The minimum atomic E-state index is -2.01. The average Bonchev–Trinajstić information content (AvgIpc) is 3.14. The first kappa shape index (κ1) is 23.8. The van der Waals surface area contributed by atoms with E-state index < -0.39 is 64.4 Å². The van der Waals surface area contributed by atoms with Crippen molar-refractivity contribution in [3.63, 3.8) is 0 Å². The normalized spacial score (nSPS) is 48.3. The highest BCUT2D eigenvalue weighted by Gasteiger charge is 2.80. The van der Waals surface area contributed by atoms with Gasteiger partial charge in [0.1, 0.15) is 0 Å². The molecule has 4 aliphatic carbocycles. The van der Waals surface area contributed by atoms with E-state index in [1.54, 1.807) is 26.8 Å². The van der Waals surface area contributed by atoms with Crippen molar-refractivity contribution in [3.05, 3.63) is 23.8 Å². The van der Waals surface area contributed by atoms with Crippen molar-refractivity contribution in [3.8, 4) is 0 Å². The topological polar surface area (TPSA) is 99.1 Å². The molecule has 8 atom stereocenters. The Morgan fingerprint density at radius 2 is 1.94 bits per heavy atom. The molecule has 5 rings (SSSR count). The Kier molecular flexibility index (Phi) is 4.96. The molecule has 0 amide bonds. The van der Waals surface area contributed by atoms with E-state index in [1.165, 1.54) is 19.1 Å². The number of aliphatic hydroxyl groups excluding tert-OH is 1. The lowest BCUT2D eigenvalue weighted by Crippen LogP contribution is -2.70. The van der Waals surface area contributed by atoms with Gasteiger partial charge >= 0.3 is 5.97 Å². The van der Waals surface area contributed by atoms with Crippen LogP contribution in [0.5, 0.6) is 0 Å². The summed E-state index contributed by atoms with van der Waals surface area (Å²) < 4.78 is 34.9. The number of allylic oxidation sites excluding steroid dienone is 4. The molecule has 0 radical (unpaired) electrons. The molecule has 186 valence electrons. The molecule has 7 nitrogen and oxygen atoms in total. The second-order valence-electron chi connectivity index (χ2n) is 11.5. The van der Waals surface area contributed by atoms with Gasteiger partial charge in [0.15, 0.2) is 29.4 Å². The number of aliphatic hydroxyl groups is 1. The fourth-order valence-corrected chi connectivity index (χ4v) is 8.08. The van der Waals surface area contributed by atoms with Gasteiger partial charge in [-0.2, -0.15) is 0 Å². The number of halogens is 1. The number of fused-ring (bicyclic) bond motifs is 7. The Hall–Kier alpha value is -1.90. The number of ketones is 2. The number of hydrogen-bond acceptors (Lipinski definition) is 7. The first-order chi connectivity index (χ1) is 15.7. The van der Waals surface area contributed by atoms with Gasteiger partial charge in [-0.25, -0.2) is 4.39 Å². The number of hydrogen-bond donors (Lipinski definition) is 1. The van der Waals surface area contributed by atoms with E-state index in [-0.39, 0.29) is 18.1 Å². The SMILES string of the molecule is CC(=O)OCC(=O)[C@]12OC(C)(C)O[C@@H]1C[C@@H]1[C@H]3CCC4=CC(=O)C=C[C@]4(C)[C@]3(F)[C@@H](O)C[C@]12C. The van der Waals surface area contributed by atoms with Crippen molar-refractivity contribution in [1.29, 1.82) is 0 Å². The summed E-state index contributed by atoms with van der Waals surface area (Å²) in [5.74, 6) is -3.11. The number of ether oxygens (including phenoxy) is 3. The van der Waals surface area contributed by atoms with Gasteiger partial charge in [0.2, 0.25) is 5.78 Å². The van der Waals surface area contributed by atoms with Gasteiger partial charge in [0, 0.05) is 23.7 Å². The minimum Gasteiger partial charge on any atom is -0.458 e. The van der Waals surface area contributed by atoms with Crippen molar-refractivity contribution in [2.75, 3.05) is 6.61 Å². The number of rotatable bonds is 3. The molecule has 4 fully saturated rings. The van der Waals surface area contributed by atoms with Crippen molar-refractivity contribution in [1.82, 2.24) is 0 Å². The van der Waals surface area contributed by atoms with E-state index in [4.69, 9.17) is 14.2 Å². The lowest BCUT2D eigenvalue weighted by atomic mass is 9.44. The van der Waals surface area contributed by atoms with Crippen LogP contribution in [0.4, 0.5) is 4.39 Å². The maximum Gasteiger partial charge on any atom is 0.303 e. The molecular weight excluding hydrogens is 443 g/mol. The zero-order valence-electron chi connectivity index (χ0n) is 20.4. The predicted molar refractivity (Wildman–Crippen MR) is 118 cm³/mol. The van der Waals surface area contributed by atoms with E-state index in [9.17, 15) is 19.5 Å². The summed E-state index contributed by atoms with van der Waals surface area (Å²) in [5.41, 5.74) is -4.82. The average molecular weight is 477 g/mol. The van der Waals surface area contributed by atoms with Crippen LogP contribution in [0.2, 0.25) is 0 Å². The lowest BCUT2D eigenvalue weighted by molar-refractivity contribution is -0.246. The number of alkyl halides is 1. The third-order valence-corrected chi connectivity index (χ3v) is 9.45. The second-order valence-corrected chi connectivity index (χ2v) is 11.5. The number of carbonyl (C=O) groups excluding carboxylic acids is 3. The quantitative estimate of drug-likeness (QED) is 0.625. The van der Waals surface area contributed by atoms with Crippen LogP contribution in [0.1, 0.15) is 60.3 Å². The van der Waals surface area contributed by atoms with Gasteiger partial charge in [-0.3, -0.25) is 14.4 Å². The first-order valence-electron chi connectivity index (χ1n) is 12.1. The van der Waals surface area contributed by atoms with Crippen LogP contribution in [0.3, 0.4) is 0 Å². The largest absolute Gasteiger partial charge is 0.458 e. The van der Waals surface area contributed by atoms with Crippen molar-refractivity contribution < 1.29 is 38.1 Å². The van der Waals surface area contributed by atoms with E-state index in [1.807, 2.05) is 6.92 Å². The van der Waals surface area contributed by atoms with Gasteiger partial charge < -0.3 is 19.3 Å². The Balaban J connectivity index is 1.60. The molecule has 0 spiro atoms. The van der Waals surface area contributed by atoms with Crippen LogP contribution in [0.15, 0.2) is 23.8 Å². The summed E-state index contributed by atoms with van der Waals surface area (Å²) in [4.78, 5) is 37.1. The predicted octanol–water partition coefficient (Wildman–Crippen LogP) is 2.99. The third-order valence-electron chi connectivity index (χ3n) is 9.45. The summed E-state index contributed by atoms with van der Waals surface area (Å²) in [5, 5.41) is 11.5. The Labute approximate surface area is 198 Å². The van der Waals surface area contributed by atoms with Gasteiger partial charge in [-0.05, 0) is 64.5 Å². The highest BCUT2D eigenvalue weighted by Crippen LogP contribution is 2.72. The number of esters is 1. The minimum absolute atomic E-state index is 0.0168. The van der Waals surface area contributed by atoms with E-state index in [0.29, 0.717) is 24.8 Å². The molecule has 3 saturated carbocycles. The summed E-state index contributed by atoms with van der Waals surface area (Å²) in [6.07, 6.45) is 3.81. The van der Waals surface area contributed by atoms with E-state index >= 15 is 4.39 Å². The van der Waals surface area contributed by atoms with Gasteiger partial charge in [-0.15, -0.1) is 0 Å². The number of Topliss-reactive ketones (excluding diaryl/α,β-unsaturated/α-hetero) is 1. The standard InChI is InChI=1S/C26H33FO7/c1-14(28)32-13-20(31)26-21(33-22(2,3)34-26)11-18-17-7-6-15-10-16(29)8-9-23(15,4)25(17,27)19(30)12-24(18,26)5/h8-10,17-19,21,30H,6-7,11-13H2,1-5H3/t17-,18-,19+,21-,23+,24-,25-,26+/m1/s1.